The molecule has 0 bridgehead atoms. The summed E-state index contributed by atoms with van der Waals surface area (Å²) < 4.78 is 53.2. The van der Waals surface area contributed by atoms with E-state index >= 15 is 0 Å². The van der Waals surface area contributed by atoms with Gasteiger partial charge in [-0.2, -0.15) is 18.2 Å². The number of aryl methyl sites for hydroxylation is 1. The van der Waals surface area contributed by atoms with E-state index in [2.05, 4.69) is 10.1 Å². The second-order valence-corrected chi connectivity index (χ2v) is 7.50. The second kappa shape index (κ2) is 8.49. The van der Waals surface area contributed by atoms with E-state index in [0.717, 1.165) is 23.3 Å². The molecule has 0 N–H and O–H groups in total. The molecule has 0 amide bonds. The van der Waals surface area contributed by atoms with Gasteiger partial charge in [0.25, 0.3) is 5.89 Å². The van der Waals surface area contributed by atoms with E-state index in [4.69, 9.17) is 9.26 Å². The Morgan fingerprint density at radius 1 is 1.19 bits per heavy atom. The summed E-state index contributed by atoms with van der Waals surface area (Å²) in [5.74, 6) is -0.0220. The van der Waals surface area contributed by atoms with Crippen molar-refractivity contribution in [3.63, 3.8) is 0 Å². The lowest BCUT2D eigenvalue weighted by Crippen LogP contribution is -2.13. The van der Waals surface area contributed by atoms with Crippen LogP contribution in [-0.2, 0) is 17.5 Å². The SMILES string of the molecule is CC(C)Oc1ccc(-c2nc(-c3cccc4c3ccn4CCC=O)no2)cc1C(F)(F)F. The number of rotatable bonds is 7. The van der Waals surface area contributed by atoms with Gasteiger partial charge >= 0.3 is 6.18 Å². The first kappa shape index (κ1) is 21.6. The van der Waals surface area contributed by atoms with Gasteiger partial charge in [-0.15, -0.1) is 0 Å². The molecule has 2 heterocycles. The van der Waals surface area contributed by atoms with Crippen LogP contribution in [0.3, 0.4) is 0 Å². The van der Waals surface area contributed by atoms with Crippen LogP contribution < -0.4 is 4.74 Å². The molecular formula is C23H20F3N3O3. The van der Waals surface area contributed by atoms with Crippen molar-refractivity contribution >= 4 is 17.2 Å². The highest BCUT2D eigenvalue weighted by Crippen LogP contribution is 2.39. The van der Waals surface area contributed by atoms with Crippen molar-refractivity contribution in [3.8, 4) is 28.6 Å². The summed E-state index contributed by atoms with van der Waals surface area (Å²) >= 11 is 0. The maximum atomic E-state index is 13.6. The van der Waals surface area contributed by atoms with Crippen LogP contribution in [0, 0.1) is 0 Å². The first-order chi connectivity index (χ1) is 15.3. The summed E-state index contributed by atoms with van der Waals surface area (Å²) in [6, 6.07) is 11.1. The molecule has 2 aromatic carbocycles. The molecule has 0 unspecified atom stereocenters. The van der Waals surface area contributed by atoms with Crippen LogP contribution in [0.5, 0.6) is 5.75 Å². The number of aldehydes is 1. The fourth-order valence-corrected chi connectivity index (χ4v) is 3.50. The zero-order valence-electron chi connectivity index (χ0n) is 17.4. The smallest absolute Gasteiger partial charge is 0.419 e. The van der Waals surface area contributed by atoms with Crippen LogP contribution in [0.4, 0.5) is 13.2 Å². The molecule has 4 aromatic rings. The molecule has 166 valence electrons. The van der Waals surface area contributed by atoms with Crippen LogP contribution in [0.1, 0.15) is 25.8 Å². The number of halogens is 3. The molecule has 0 atom stereocenters. The number of aromatic nitrogens is 3. The van der Waals surface area contributed by atoms with Gasteiger partial charge in [0.15, 0.2) is 0 Å². The Bertz CT molecular complexity index is 1260. The first-order valence-corrected chi connectivity index (χ1v) is 10.0. The van der Waals surface area contributed by atoms with Crippen molar-refractivity contribution in [1.82, 2.24) is 14.7 Å². The fraction of sp³-hybridized carbons (Fsp3) is 0.261. The third-order valence-corrected chi connectivity index (χ3v) is 4.86. The lowest BCUT2D eigenvalue weighted by Gasteiger charge is -2.16. The number of hydrogen-bond acceptors (Lipinski definition) is 5. The molecule has 6 nitrogen and oxygen atoms in total. The number of hydrogen-bond donors (Lipinski definition) is 0. The van der Waals surface area contributed by atoms with E-state index in [1.165, 1.54) is 12.1 Å². The quantitative estimate of drug-likeness (QED) is 0.340. The highest BCUT2D eigenvalue weighted by molar-refractivity contribution is 5.94. The Morgan fingerprint density at radius 2 is 2.00 bits per heavy atom. The van der Waals surface area contributed by atoms with Crippen molar-refractivity contribution in [3.05, 3.63) is 54.2 Å². The monoisotopic (exact) mass is 443 g/mol. The molecule has 0 aliphatic rings. The lowest BCUT2D eigenvalue weighted by atomic mass is 10.1. The maximum Gasteiger partial charge on any atom is 0.419 e. The van der Waals surface area contributed by atoms with Crippen LogP contribution >= 0.6 is 0 Å². The average Bonchev–Trinajstić information content (AvgIpc) is 3.39. The van der Waals surface area contributed by atoms with Crippen LogP contribution in [-0.4, -0.2) is 27.1 Å². The van der Waals surface area contributed by atoms with Crippen molar-refractivity contribution in [2.45, 2.75) is 39.1 Å². The highest BCUT2D eigenvalue weighted by atomic mass is 19.4. The molecule has 0 radical (unpaired) electrons. The average molecular weight is 443 g/mol. The third-order valence-electron chi connectivity index (χ3n) is 4.86. The van der Waals surface area contributed by atoms with Gasteiger partial charge in [0, 0.05) is 41.2 Å². The van der Waals surface area contributed by atoms with Gasteiger partial charge in [0.2, 0.25) is 5.82 Å². The minimum absolute atomic E-state index is 0.0287. The van der Waals surface area contributed by atoms with Crippen LogP contribution in [0.2, 0.25) is 0 Å². The number of nitrogens with zero attached hydrogens (tertiary/aromatic N) is 3. The Balaban J connectivity index is 1.72. The minimum Gasteiger partial charge on any atom is -0.490 e. The van der Waals surface area contributed by atoms with Crippen molar-refractivity contribution in [2.24, 2.45) is 0 Å². The topological polar surface area (TPSA) is 70.2 Å². The summed E-state index contributed by atoms with van der Waals surface area (Å²) in [5, 5.41) is 4.83. The van der Waals surface area contributed by atoms with E-state index in [0.29, 0.717) is 18.5 Å². The van der Waals surface area contributed by atoms with Crippen molar-refractivity contribution < 1.29 is 27.2 Å². The maximum absolute atomic E-state index is 13.6. The molecule has 2 aromatic heterocycles. The number of benzene rings is 2. The molecule has 32 heavy (non-hydrogen) atoms. The molecule has 0 aliphatic carbocycles. The highest BCUT2D eigenvalue weighted by Gasteiger charge is 2.35. The second-order valence-electron chi connectivity index (χ2n) is 7.50. The van der Waals surface area contributed by atoms with Crippen LogP contribution in [0.25, 0.3) is 33.7 Å². The zero-order valence-corrected chi connectivity index (χ0v) is 17.4. The van der Waals surface area contributed by atoms with Gasteiger partial charge < -0.3 is 18.6 Å². The lowest BCUT2D eigenvalue weighted by molar-refractivity contribution is -0.139. The summed E-state index contributed by atoms with van der Waals surface area (Å²) in [5.41, 5.74) is 0.809. The fourth-order valence-electron chi connectivity index (χ4n) is 3.50. The van der Waals surface area contributed by atoms with Gasteiger partial charge in [-0.25, -0.2) is 0 Å². The number of carbonyl (C=O) groups is 1. The standard InChI is InChI=1S/C23H20F3N3O3/c1-14(2)31-20-8-7-15(13-18(20)23(24,25)26)22-27-21(28-32-22)17-5-3-6-19-16(17)9-11-29(19)10-4-12-30/h3,5-9,11-14H,4,10H2,1-2H3. The Hall–Kier alpha value is -3.62. The van der Waals surface area contributed by atoms with E-state index < -0.39 is 17.8 Å². The van der Waals surface area contributed by atoms with Gasteiger partial charge in [-0.05, 0) is 44.2 Å². The predicted molar refractivity (Wildman–Crippen MR) is 112 cm³/mol. The predicted octanol–water partition coefficient (Wildman–Crippen LogP) is 5.75. The van der Waals surface area contributed by atoms with E-state index in [1.807, 2.05) is 35.0 Å². The number of carbonyl (C=O) groups excluding carboxylic acids is 1. The Kier molecular flexibility index (Phi) is 5.73. The molecule has 0 saturated carbocycles. The first-order valence-electron chi connectivity index (χ1n) is 10.0. The summed E-state index contributed by atoms with van der Waals surface area (Å²) in [7, 11) is 0. The molecule has 0 spiro atoms. The number of ether oxygens (including phenoxy) is 1. The largest absolute Gasteiger partial charge is 0.490 e. The third kappa shape index (κ3) is 4.23. The van der Waals surface area contributed by atoms with E-state index in [1.54, 1.807) is 13.8 Å². The van der Waals surface area contributed by atoms with Crippen LogP contribution in [0.15, 0.2) is 53.2 Å². The van der Waals surface area contributed by atoms with Gasteiger partial charge in [-0.1, -0.05) is 17.3 Å². The van der Waals surface area contributed by atoms with E-state index in [9.17, 15) is 18.0 Å². The molecule has 0 fully saturated rings. The number of alkyl halides is 3. The van der Waals surface area contributed by atoms with Gasteiger partial charge in [-0.3, -0.25) is 0 Å². The Labute approximate surface area is 181 Å². The van der Waals surface area contributed by atoms with Crippen molar-refractivity contribution in [2.75, 3.05) is 0 Å². The van der Waals surface area contributed by atoms with Gasteiger partial charge in [0.05, 0.1) is 11.7 Å². The summed E-state index contributed by atoms with van der Waals surface area (Å²) in [6.45, 7) is 3.86. The minimum atomic E-state index is -4.60. The van der Waals surface area contributed by atoms with E-state index in [-0.39, 0.29) is 23.0 Å². The normalized spacial score (nSPS) is 11.9. The molecule has 9 heteroatoms. The zero-order chi connectivity index (χ0) is 22.9. The Morgan fingerprint density at radius 3 is 2.72 bits per heavy atom. The molecule has 4 rings (SSSR count). The summed E-state index contributed by atoms with van der Waals surface area (Å²) in [4.78, 5) is 15.0. The summed E-state index contributed by atoms with van der Waals surface area (Å²) in [6.07, 6.45) is -1.90. The van der Waals surface area contributed by atoms with Crippen molar-refractivity contribution in [1.29, 1.82) is 0 Å². The molecule has 0 saturated heterocycles. The number of fused-ring (bicyclic) bond motifs is 1. The van der Waals surface area contributed by atoms with Gasteiger partial charge in [0.1, 0.15) is 12.0 Å². The molecular weight excluding hydrogens is 423 g/mol. The molecule has 0 aliphatic heterocycles.